The van der Waals surface area contributed by atoms with E-state index < -0.39 is 18.0 Å². The third-order valence-electron chi connectivity index (χ3n) is 5.14. The molecule has 0 saturated carbocycles. The number of likely N-dealkylation sites (tertiary alicyclic amines) is 1. The molecule has 0 aliphatic carbocycles. The van der Waals surface area contributed by atoms with Crippen LogP contribution in [-0.4, -0.2) is 45.1 Å². The summed E-state index contributed by atoms with van der Waals surface area (Å²) >= 11 is 0. The van der Waals surface area contributed by atoms with Gasteiger partial charge >= 0.3 is 5.97 Å². The van der Waals surface area contributed by atoms with E-state index in [1.54, 1.807) is 42.9 Å². The first-order valence-electron chi connectivity index (χ1n) is 9.65. The van der Waals surface area contributed by atoms with Crippen molar-refractivity contribution >= 4 is 23.5 Å². The summed E-state index contributed by atoms with van der Waals surface area (Å²) in [5, 5.41) is 7.02. The highest BCUT2D eigenvalue weighted by Gasteiger charge is 2.22. The summed E-state index contributed by atoms with van der Waals surface area (Å²) in [4.78, 5) is 38.3. The first-order valence-corrected chi connectivity index (χ1v) is 9.65. The van der Waals surface area contributed by atoms with Crippen molar-refractivity contribution in [3.8, 4) is 0 Å². The Labute approximate surface area is 169 Å². The second-order valence-corrected chi connectivity index (χ2v) is 7.32. The molecular weight excluding hydrogens is 372 g/mol. The van der Waals surface area contributed by atoms with Gasteiger partial charge < -0.3 is 15.0 Å². The van der Waals surface area contributed by atoms with Crippen LogP contribution in [-0.2, 0) is 27.9 Å². The highest BCUT2D eigenvalue weighted by Crippen LogP contribution is 2.19. The van der Waals surface area contributed by atoms with Gasteiger partial charge in [0.15, 0.2) is 6.10 Å². The Hall–Kier alpha value is -3.16. The zero-order valence-electron chi connectivity index (χ0n) is 17.2. The minimum Gasteiger partial charge on any atom is -0.449 e. The van der Waals surface area contributed by atoms with Gasteiger partial charge in [-0.2, -0.15) is 5.10 Å². The molecular formula is C21H26N4O4. The normalized spacial score (nSPS) is 14.8. The number of benzene rings is 1. The van der Waals surface area contributed by atoms with Gasteiger partial charge in [-0.15, -0.1) is 0 Å². The molecule has 8 nitrogen and oxygen atoms in total. The quantitative estimate of drug-likeness (QED) is 0.754. The van der Waals surface area contributed by atoms with E-state index >= 15 is 0 Å². The molecule has 0 bridgehead atoms. The molecule has 1 aliphatic rings. The molecule has 8 heteroatoms. The van der Waals surface area contributed by atoms with Crippen LogP contribution < -0.4 is 5.32 Å². The number of aryl methyl sites for hydroxylation is 2. The van der Waals surface area contributed by atoms with Gasteiger partial charge in [0.2, 0.25) is 5.91 Å². The highest BCUT2D eigenvalue weighted by molar-refractivity contribution is 5.98. The Balaban J connectivity index is 1.57. The standard InChI is InChI=1S/C21H26N4O4/c1-13-19(14(2)24(4)23-13)22-20(27)15(3)29-21(28)17-9-7-16(8-10-17)12-25-11-5-6-18(25)26/h7-10,15H,5-6,11-12H2,1-4H3,(H,22,27)/t15-/m0/s1. The lowest BCUT2D eigenvalue weighted by molar-refractivity contribution is -0.128. The van der Waals surface area contributed by atoms with Crippen LogP contribution in [0.3, 0.4) is 0 Å². The van der Waals surface area contributed by atoms with E-state index in [9.17, 15) is 14.4 Å². The fourth-order valence-corrected chi connectivity index (χ4v) is 3.30. The molecule has 0 spiro atoms. The van der Waals surface area contributed by atoms with Crippen LogP contribution in [0.5, 0.6) is 0 Å². The SMILES string of the molecule is Cc1nn(C)c(C)c1NC(=O)[C@H](C)OC(=O)c1ccc(CN2CCCC2=O)cc1. The summed E-state index contributed by atoms with van der Waals surface area (Å²) in [6, 6.07) is 6.90. The third-order valence-corrected chi connectivity index (χ3v) is 5.14. The predicted octanol–water partition coefficient (Wildman–Crippen LogP) is 2.34. The summed E-state index contributed by atoms with van der Waals surface area (Å²) < 4.78 is 6.98. The Kier molecular flexibility index (Phi) is 6.00. The minimum atomic E-state index is -0.955. The zero-order valence-corrected chi connectivity index (χ0v) is 17.2. The average molecular weight is 398 g/mol. The molecule has 0 unspecified atom stereocenters. The number of ether oxygens (including phenoxy) is 1. The molecule has 2 heterocycles. The summed E-state index contributed by atoms with van der Waals surface area (Å²) in [5.41, 5.74) is 3.45. The van der Waals surface area contributed by atoms with Crippen LogP contribution in [0.1, 0.15) is 47.1 Å². The van der Waals surface area contributed by atoms with Gasteiger partial charge in [0.25, 0.3) is 5.91 Å². The van der Waals surface area contributed by atoms with Gasteiger partial charge in [0.05, 0.1) is 22.6 Å². The Morgan fingerprint density at radius 2 is 1.93 bits per heavy atom. The molecule has 1 saturated heterocycles. The maximum atomic E-state index is 12.4. The second-order valence-electron chi connectivity index (χ2n) is 7.32. The van der Waals surface area contributed by atoms with Crippen molar-refractivity contribution in [2.24, 2.45) is 7.05 Å². The second kappa shape index (κ2) is 8.46. The highest BCUT2D eigenvalue weighted by atomic mass is 16.5. The molecule has 154 valence electrons. The maximum absolute atomic E-state index is 12.4. The molecule has 1 N–H and O–H groups in total. The number of aromatic nitrogens is 2. The minimum absolute atomic E-state index is 0.160. The van der Waals surface area contributed by atoms with Gasteiger partial charge in [-0.3, -0.25) is 14.3 Å². The molecule has 29 heavy (non-hydrogen) atoms. The smallest absolute Gasteiger partial charge is 0.338 e. The van der Waals surface area contributed by atoms with Gasteiger partial charge in [-0.25, -0.2) is 4.79 Å². The number of hydrogen-bond acceptors (Lipinski definition) is 5. The maximum Gasteiger partial charge on any atom is 0.338 e. The number of nitrogens with one attached hydrogen (secondary N) is 1. The van der Waals surface area contributed by atoms with Crippen molar-refractivity contribution in [1.82, 2.24) is 14.7 Å². The number of rotatable bonds is 6. The summed E-state index contributed by atoms with van der Waals surface area (Å²) in [5.74, 6) is -0.829. The van der Waals surface area contributed by atoms with Gasteiger partial charge in [0, 0.05) is 26.6 Å². The predicted molar refractivity (Wildman–Crippen MR) is 107 cm³/mol. The lowest BCUT2D eigenvalue weighted by Crippen LogP contribution is -2.30. The number of carbonyl (C=O) groups is 3. The number of esters is 1. The number of carbonyl (C=O) groups excluding carboxylic acids is 3. The Morgan fingerprint density at radius 1 is 1.24 bits per heavy atom. The average Bonchev–Trinajstić information content (AvgIpc) is 3.19. The van der Waals surface area contributed by atoms with Crippen molar-refractivity contribution in [3.05, 3.63) is 46.8 Å². The van der Waals surface area contributed by atoms with Crippen molar-refractivity contribution in [2.45, 2.75) is 46.3 Å². The lowest BCUT2D eigenvalue weighted by atomic mass is 10.1. The van der Waals surface area contributed by atoms with Gasteiger partial charge in [0.1, 0.15) is 0 Å². The largest absolute Gasteiger partial charge is 0.449 e. The van der Waals surface area contributed by atoms with Crippen LogP contribution in [0.25, 0.3) is 0 Å². The van der Waals surface area contributed by atoms with Crippen LogP contribution >= 0.6 is 0 Å². The van der Waals surface area contributed by atoms with Crippen molar-refractivity contribution in [2.75, 3.05) is 11.9 Å². The van der Waals surface area contributed by atoms with E-state index in [1.807, 2.05) is 11.8 Å². The topological polar surface area (TPSA) is 93.5 Å². The van der Waals surface area contributed by atoms with Gasteiger partial charge in [-0.1, -0.05) is 12.1 Å². The van der Waals surface area contributed by atoms with E-state index in [2.05, 4.69) is 10.4 Å². The van der Waals surface area contributed by atoms with E-state index in [0.717, 1.165) is 24.2 Å². The molecule has 0 radical (unpaired) electrons. The van der Waals surface area contributed by atoms with Crippen molar-refractivity contribution < 1.29 is 19.1 Å². The monoisotopic (exact) mass is 398 g/mol. The molecule has 1 fully saturated rings. The molecule has 1 aliphatic heterocycles. The fourth-order valence-electron chi connectivity index (χ4n) is 3.30. The molecule has 3 rings (SSSR count). The van der Waals surface area contributed by atoms with Gasteiger partial charge in [-0.05, 0) is 44.9 Å². The van der Waals surface area contributed by atoms with Crippen molar-refractivity contribution in [3.63, 3.8) is 0 Å². The third kappa shape index (κ3) is 4.64. The summed E-state index contributed by atoms with van der Waals surface area (Å²) in [6.07, 6.45) is 0.535. The van der Waals surface area contributed by atoms with Crippen LogP contribution in [0, 0.1) is 13.8 Å². The summed E-state index contributed by atoms with van der Waals surface area (Å²) in [6.45, 7) is 6.49. The van der Waals surface area contributed by atoms with E-state index in [4.69, 9.17) is 4.74 Å². The Bertz CT molecular complexity index is 933. The molecule has 1 aromatic carbocycles. The van der Waals surface area contributed by atoms with Crippen LogP contribution in [0.15, 0.2) is 24.3 Å². The zero-order chi connectivity index (χ0) is 21.1. The van der Waals surface area contributed by atoms with Crippen LogP contribution in [0.2, 0.25) is 0 Å². The van der Waals surface area contributed by atoms with Crippen LogP contribution in [0.4, 0.5) is 5.69 Å². The number of amides is 2. The van der Waals surface area contributed by atoms with Crippen molar-refractivity contribution in [1.29, 1.82) is 0 Å². The first-order chi connectivity index (χ1) is 13.8. The van der Waals surface area contributed by atoms with E-state index in [0.29, 0.717) is 29.9 Å². The lowest BCUT2D eigenvalue weighted by Gasteiger charge is -2.16. The van der Waals surface area contributed by atoms with E-state index in [1.165, 1.54) is 6.92 Å². The molecule has 2 aromatic rings. The first kappa shape index (κ1) is 20.6. The van der Waals surface area contributed by atoms with E-state index in [-0.39, 0.29) is 5.91 Å². The Morgan fingerprint density at radius 3 is 2.48 bits per heavy atom. The number of hydrogen-bond donors (Lipinski definition) is 1. The number of anilines is 1. The molecule has 2 amide bonds. The molecule has 1 atom stereocenters. The molecule has 1 aromatic heterocycles. The fraction of sp³-hybridized carbons (Fsp3) is 0.429. The summed E-state index contributed by atoms with van der Waals surface area (Å²) in [7, 11) is 1.80. The number of nitrogens with zero attached hydrogens (tertiary/aromatic N) is 3.